The standard InChI is InChI=1S/C18H32N2O.C11H21N.C7H13NO/c1-14(2)16-12-20(13-16)18(21)15-6-8-17(9-7-15)19-10-4-3-5-11-19;1-3-7-11(8-4-1)12-9-5-2-6-10-12;1-6(2)7-3-8(4-7)5-9/h14-17H,3-13H2,1-2H3;11H,1-10H2;5-7H,3-4H2,1-2H3. The highest BCUT2D eigenvalue weighted by Gasteiger charge is 2.38. The zero-order chi connectivity index (χ0) is 29.9. The van der Waals surface area contributed by atoms with Gasteiger partial charge in [-0.05, 0) is 114 Å². The van der Waals surface area contributed by atoms with Gasteiger partial charge in [0.15, 0.2) is 0 Å². The average molecular weight is 587 g/mol. The quantitative estimate of drug-likeness (QED) is 0.326. The van der Waals surface area contributed by atoms with Crippen molar-refractivity contribution in [1.82, 2.24) is 19.6 Å². The molecule has 0 aromatic rings. The number of likely N-dealkylation sites (tertiary alicyclic amines) is 4. The molecular formula is C36H66N4O2. The monoisotopic (exact) mass is 587 g/mol. The SMILES string of the molecule is C1CCC(N2CCCCC2)CC1.CC(C)C1CN(C(=O)C2CCC(N3CCCCC3)CC2)C1.CC(C)C1CN(C=O)C1. The van der Waals surface area contributed by atoms with Crippen LogP contribution in [-0.4, -0.2) is 96.4 Å². The van der Waals surface area contributed by atoms with Gasteiger partial charge in [-0.1, -0.05) is 59.8 Å². The van der Waals surface area contributed by atoms with Crippen molar-refractivity contribution in [2.75, 3.05) is 52.4 Å². The van der Waals surface area contributed by atoms with Crippen molar-refractivity contribution >= 4 is 12.3 Å². The van der Waals surface area contributed by atoms with Crippen LogP contribution in [0.5, 0.6) is 0 Å². The lowest BCUT2D eigenvalue weighted by Crippen LogP contribution is -2.54. The highest BCUT2D eigenvalue weighted by molar-refractivity contribution is 5.79. The first-order valence-corrected chi connectivity index (χ1v) is 18.3. The van der Waals surface area contributed by atoms with Gasteiger partial charge in [0.2, 0.25) is 12.3 Å². The molecule has 42 heavy (non-hydrogen) atoms. The maximum Gasteiger partial charge on any atom is 0.225 e. The van der Waals surface area contributed by atoms with Crippen LogP contribution in [0.3, 0.4) is 0 Å². The molecular weight excluding hydrogens is 520 g/mol. The van der Waals surface area contributed by atoms with E-state index in [4.69, 9.17) is 0 Å². The summed E-state index contributed by atoms with van der Waals surface area (Å²) in [6, 6.07) is 1.74. The van der Waals surface area contributed by atoms with Gasteiger partial charge in [0.25, 0.3) is 0 Å². The fourth-order valence-electron chi connectivity index (χ4n) is 8.13. The molecule has 0 radical (unpaired) electrons. The highest BCUT2D eigenvalue weighted by atomic mass is 16.2. The summed E-state index contributed by atoms with van der Waals surface area (Å²) in [4.78, 5) is 32.0. The Labute approximate surface area is 259 Å². The van der Waals surface area contributed by atoms with Crippen LogP contribution in [-0.2, 0) is 9.59 Å². The van der Waals surface area contributed by atoms with E-state index in [1.54, 1.807) is 0 Å². The highest BCUT2D eigenvalue weighted by Crippen LogP contribution is 2.33. The molecule has 0 atom stereocenters. The molecule has 0 bridgehead atoms. The first-order chi connectivity index (χ1) is 20.4. The molecule has 0 spiro atoms. The summed E-state index contributed by atoms with van der Waals surface area (Å²) in [5.41, 5.74) is 0. The van der Waals surface area contributed by atoms with Crippen LogP contribution in [0.25, 0.3) is 0 Å². The molecule has 4 saturated heterocycles. The molecule has 2 saturated carbocycles. The van der Waals surface area contributed by atoms with Crippen molar-refractivity contribution in [2.24, 2.45) is 29.6 Å². The van der Waals surface area contributed by atoms with Crippen LogP contribution in [0.15, 0.2) is 0 Å². The predicted octanol–water partition coefficient (Wildman–Crippen LogP) is 6.68. The van der Waals surface area contributed by atoms with Gasteiger partial charge in [0.1, 0.15) is 0 Å². The molecule has 0 aromatic heterocycles. The summed E-state index contributed by atoms with van der Waals surface area (Å²) in [6.45, 7) is 18.3. The molecule has 6 fully saturated rings. The molecule has 0 aromatic carbocycles. The zero-order valence-electron chi connectivity index (χ0n) is 28.0. The molecule has 0 unspecified atom stereocenters. The van der Waals surface area contributed by atoms with Crippen LogP contribution < -0.4 is 0 Å². The summed E-state index contributed by atoms with van der Waals surface area (Å²) >= 11 is 0. The third kappa shape index (κ3) is 9.94. The van der Waals surface area contributed by atoms with E-state index in [1.165, 1.54) is 110 Å². The normalized spacial score (nSPS) is 28.7. The van der Waals surface area contributed by atoms with Crippen LogP contribution in [0.4, 0.5) is 0 Å². The molecule has 6 nitrogen and oxygen atoms in total. The van der Waals surface area contributed by atoms with Crippen LogP contribution in [0.2, 0.25) is 0 Å². The molecule has 6 heteroatoms. The fourth-order valence-corrected chi connectivity index (χ4v) is 8.13. The molecule has 242 valence electrons. The van der Waals surface area contributed by atoms with E-state index in [-0.39, 0.29) is 0 Å². The van der Waals surface area contributed by atoms with E-state index in [2.05, 4.69) is 42.4 Å². The molecule has 6 aliphatic rings. The van der Waals surface area contributed by atoms with E-state index in [0.29, 0.717) is 11.8 Å². The minimum atomic E-state index is 0.333. The lowest BCUT2D eigenvalue weighted by Gasteiger charge is -2.45. The second kappa shape index (κ2) is 17.4. The van der Waals surface area contributed by atoms with Crippen molar-refractivity contribution in [3.63, 3.8) is 0 Å². The van der Waals surface area contributed by atoms with E-state index < -0.39 is 0 Å². The Morgan fingerprint density at radius 3 is 1.45 bits per heavy atom. The number of hydrogen-bond donors (Lipinski definition) is 0. The molecule has 4 heterocycles. The number of nitrogens with zero attached hydrogens (tertiary/aromatic N) is 4. The molecule has 2 aliphatic carbocycles. The van der Waals surface area contributed by atoms with E-state index >= 15 is 0 Å². The summed E-state index contributed by atoms with van der Waals surface area (Å²) in [6.07, 6.45) is 21.7. The van der Waals surface area contributed by atoms with Gasteiger partial charge in [-0.25, -0.2) is 0 Å². The van der Waals surface area contributed by atoms with Crippen LogP contribution in [0, 0.1) is 29.6 Å². The third-order valence-corrected chi connectivity index (χ3v) is 11.6. The van der Waals surface area contributed by atoms with Gasteiger partial charge in [-0.15, -0.1) is 0 Å². The van der Waals surface area contributed by atoms with Crippen molar-refractivity contribution in [1.29, 1.82) is 0 Å². The van der Waals surface area contributed by atoms with Gasteiger partial charge < -0.3 is 19.6 Å². The van der Waals surface area contributed by atoms with Gasteiger partial charge >= 0.3 is 0 Å². The zero-order valence-corrected chi connectivity index (χ0v) is 28.0. The van der Waals surface area contributed by atoms with Crippen LogP contribution >= 0.6 is 0 Å². The van der Waals surface area contributed by atoms with Crippen molar-refractivity contribution in [3.8, 4) is 0 Å². The second-order valence-corrected chi connectivity index (χ2v) is 15.3. The number of rotatable bonds is 6. The first kappa shape index (κ1) is 33.7. The fraction of sp³-hybridized carbons (Fsp3) is 0.944. The van der Waals surface area contributed by atoms with Gasteiger partial charge in [-0.2, -0.15) is 0 Å². The van der Waals surface area contributed by atoms with Crippen molar-refractivity contribution < 1.29 is 9.59 Å². The molecule has 4 aliphatic heterocycles. The van der Waals surface area contributed by atoms with Crippen molar-refractivity contribution in [3.05, 3.63) is 0 Å². The van der Waals surface area contributed by atoms with Gasteiger partial charge in [0.05, 0.1) is 0 Å². The summed E-state index contributed by atoms with van der Waals surface area (Å²) in [7, 11) is 0. The number of carbonyl (C=O) groups excluding carboxylic acids is 2. The molecule has 6 rings (SSSR count). The minimum absolute atomic E-state index is 0.333. The topological polar surface area (TPSA) is 47.1 Å². The second-order valence-electron chi connectivity index (χ2n) is 15.3. The predicted molar refractivity (Wildman–Crippen MR) is 174 cm³/mol. The first-order valence-electron chi connectivity index (χ1n) is 18.3. The maximum atomic E-state index is 12.5. The van der Waals surface area contributed by atoms with Gasteiger partial charge in [-0.3, -0.25) is 9.59 Å². The molecule has 2 amide bonds. The Hall–Kier alpha value is -1.14. The van der Waals surface area contributed by atoms with E-state index in [0.717, 1.165) is 81.2 Å². The summed E-state index contributed by atoms with van der Waals surface area (Å²) in [5.74, 6) is 3.77. The molecule has 0 N–H and O–H groups in total. The Kier molecular flexibility index (Phi) is 14.0. The number of piperidine rings is 2. The van der Waals surface area contributed by atoms with E-state index in [9.17, 15) is 9.59 Å². The summed E-state index contributed by atoms with van der Waals surface area (Å²) < 4.78 is 0. The average Bonchev–Trinajstić information content (AvgIpc) is 2.98. The third-order valence-electron chi connectivity index (χ3n) is 11.6. The smallest absolute Gasteiger partial charge is 0.225 e. The summed E-state index contributed by atoms with van der Waals surface area (Å²) in [5, 5.41) is 0. The number of amides is 2. The number of carbonyl (C=O) groups is 2. The Morgan fingerprint density at radius 2 is 1.00 bits per heavy atom. The number of hydrogen-bond acceptors (Lipinski definition) is 4. The van der Waals surface area contributed by atoms with E-state index in [1.807, 2.05) is 4.90 Å². The lowest BCUT2D eigenvalue weighted by atomic mass is 9.81. The maximum absolute atomic E-state index is 12.5. The Bertz CT molecular complexity index is 749. The van der Waals surface area contributed by atoms with Crippen LogP contribution in [0.1, 0.15) is 124 Å². The van der Waals surface area contributed by atoms with Gasteiger partial charge in [0, 0.05) is 44.2 Å². The Balaban J connectivity index is 0.000000162. The lowest BCUT2D eigenvalue weighted by molar-refractivity contribution is -0.144. The van der Waals surface area contributed by atoms with Crippen molar-refractivity contribution in [2.45, 2.75) is 136 Å². The largest absolute Gasteiger partial charge is 0.345 e. The Morgan fingerprint density at radius 1 is 0.571 bits per heavy atom. The minimum Gasteiger partial charge on any atom is -0.345 e.